The molecule has 6 aromatic rings. The number of imidazole rings is 2. The molecule has 3 N–H and O–H groups in total. The van der Waals surface area contributed by atoms with E-state index in [-0.39, 0.29) is 0 Å². The van der Waals surface area contributed by atoms with Crippen LogP contribution in [0.15, 0.2) is 107 Å². The van der Waals surface area contributed by atoms with Crippen LogP contribution in [0.25, 0.3) is 22.8 Å². The van der Waals surface area contributed by atoms with Crippen molar-refractivity contribution >= 4 is 73.0 Å². The van der Waals surface area contributed by atoms with Crippen molar-refractivity contribution in [2.45, 2.75) is 83.1 Å². The van der Waals surface area contributed by atoms with Crippen molar-refractivity contribution in [1.29, 1.82) is 0 Å². The van der Waals surface area contributed by atoms with E-state index in [2.05, 4.69) is 125 Å². The number of hydrogen-bond acceptors (Lipinski definition) is 11. The maximum absolute atomic E-state index is 10.1. The van der Waals surface area contributed by atoms with Crippen molar-refractivity contribution in [1.82, 2.24) is 49.9 Å². The zero-order valence-corrected chi connectivity index (χ0v) is 44.3. The van der Waals surface area contributed by atoms with Gasteiger partial charge in [0.2, 0.25) is 0 Å². The minimum absolute atomic E-state index is 0.527. The van der Waals surface area contributed by atoms with Gasteiger partial charge in [-0.1, -0.05) is 93.2 Å². The molecule has 0 amide bonds. The number of likely N-dealkylation sites (tertiary alicyclic amines) is 1. The Kier molecular flexibility index (Phi) is 18.7. The summed E-state index contributed by atoms with van der Waals surface area (Å²) in [6, 6.07) is 22.3. The van der Waals surface area contributed by atoms with Gasteiger partial charge in [-0.2, -0.15) is 0 Å². The summed E-state index contributed by atoms with van der Waals surface area (Å²) in [6.07, 6.45) is 18.9. The van der Waals surface area contributed by atoms with Gasteiger partial charge in [0, 0.05) is 133 Å². The van der Waals surface area contributed by atoms with Crippen molar-refractivity contribution in [2.24, 2.45) is 0 Å². The third-order valence-corrected chi connectivity index (χ3v) is 15.5. The number of rotatable bonds is 11. The molecular weight excluding hydrogens is 1040 g/mol. The van der Waals surface area contributed by atoms with Crippen LogP contribution in [0.5, 0.6) is 0 Å². The predicted octanol–water partition coefficient (Wildman–Crippen LogP) is 10.5. The number of carbonyl (C=O) groups is 1. The molecule has 0 unspecified atom stereocenters. The molecule has 0 saturated carbocycles. The minimum Gasteiger partial charge on any atom is -0.353 e. The molecule has 366 valence electrons. The molecule has 4 aliphatic rings. The fourth-order valence-electron chi connectivity index (χ4n) is 10.2. The lowest BCUT2D eigenvalue weighted by atomic mass is 9.98. The van der Waals surface area contributed by atoms with E-state index in [4.69, 9.17) is 28.2 Å². The topological polar surface area (TPSA) is 128 Å². The monoisotopic (exact) mass is 1100 g/mol. The number of anilines is 2. The van der Waals surface area contributed by atoms with Crippen molar-refractivity contribution in [3.05, 3.63) is 128 Å². The number of benzene rings is 2. The lowest BCUT2D eigenvalue weighted by Gasteiger charge is -2.47. The molecule has 0 radical (unpaired) electrons. The molecular formula is C52H64Br2Cl2N12O. The maximum Gasteiger partial charge on any atom is 0.150 e. The van der Waals surface area contributed by atoms with Crippen LogP contribution in [0.3, 0.4) is 0 Å². The number of aldehydes is 1. The molecule has 8 heterocycles. The van der Waals surface area contributed by atoms with Gasteiger partial charge >= 0.3 is 0 Å². The van der Waals surface area contributed by atoms with Gasteiger partial charge in [0.1, 0.15) is 29.6 Å². The zero-order valence-electron chi connectivity index (χ0n) is 39.6. The first-order chi connectivity index (χ1) is 33.7. The Hall–Kier alpha value is -4.19. The van der Waals surface area contributed by atoms with Crippen molar-refractivity contribution < 1.29 is 4.79 Å². The second-order valence-electron chi connectivity index (χ2n) is 18.2. The Morgan fingerprint density at radius 2 is 1.12 bits per heavy atom. The van der Waals surface area contributed by atoms with Crippen LogP contribution >= 0.6 is 55.1 Å². The van der Waals surface area contributed by atoms with Crippen LogP contribution in [-0.2, 0) is 6.54 Å². The first-order valence-electron chi connectivity index (χ1n) is 24.4. The number of halogens is 4. The molecule has 0 spiro atoms. The number of nitrogens with zero attached hydrogens (tertiary/aromatic N) is 9. The minimum atomic E-state index is 0.527. The van der Waals surface area contributed by atoms with E-state index in [1.165, 1.54) is 44.3 Å². The largest absolute Gasteiger partial charge is 0.353 e. The fraction of sp³-hybridized carbons (Fsp3) is 0.442. The van der Waals surface area contributed by atoms with Crippen LogP contribution < -0.4 is 15.1 Å². The number of aromatic amines is 2. The molecule has 2 atom stereocenters. The lowest BCUT2D eigenvalue weighted by Crippen LogP contribution is -2.58. The summed E-state index contributed by atoms with van der Waals surface area (Å²) in [4.78, 5) is 47.1. The Bertz CT molecular complexity index is 2480. The molecule has 69 heavy (non-hydrogen) atoms. The molecule has 17 heteroatoms. The van der Waals surface area contributed by atoms with E-state index in [0.29, 0.717) is 39.8 Å². The van der Waals surface area contributed by atoms with E-state index in [1.807, 2.05) is 49.1 Å². The summed E-state index contributed by atoms with van der Waals surface area (Å²) >= 11 is 20.1. The highest BCUT2D eigenvalue weighted by Crippen LogP contribution is 2.33. The Morgan fingerprint density at radius 3 is 1.55 bits per heavy atom. The highest BCUT2D eigenvalue weighted by molar-refractivity contribution is 9.10. The Labute approximate surface area is 434 Å². The third kappa shape index (κ3) is 13.6. The van der Waals surface area contributed by atoms with E-state index >= 15 is 0 Å². The lowest BCUT2D eigenvalue weighted by molar-refractivity contribution is 0.0610. The van der Waals surface area contributed by atoms with Crippen LogP contribution in [-0.4, -0.2) is 141 Å². The molecule has 4 saturated heterocycles. The van der Waals surface area contributed by atoms with Gasteiger partial charge in [0.15, 0.2) is 0 Å². The number of piperazine rings is 2. The average molecular weight is 1100 g/mol. The standard InChI is InChI=1S/C26H32BrClN6.C19H27ClN6.C7H5BrO/c1-2-22-18-33(26-24(28)15-20(16-31-26)25-29-9-10-30-25)13-14-34(22)23-7-11-32(12-8-23)17-19-3-5-21(27)6-4-19;1-2-15-13-25(9-10-26(15)16-3-5-21-6-4-16)19-17(20)11-14(12-24-19)18-22-7-8-23-18;8-7-3-1-6(5-9)2-4-7/h3-6,9-10,15-16,22-23H,2,7-8,11-14,17-18H2,1H3,(H,29,30);7-8,11-12,15-16,21H,2-6,9-10,13H2,1H3,(H,22,23);1-5H/t22-;15-;/m00./s1. The fourth-order valence-corrected chi connectivity index (χ4v) is 11.3. The molecule has 10 rings (SSSR count). The van der Waals surface area contributed by atoms with E-state index in [0.717, 1.165) is 121 Å². The molecule has 4 fully saturated rings. The van der Waals surface area contributed by atoms with Gasteiger partial charge in [-0.3, -0.25) is 19.5 Å². The number of H-pyrrole nitrogens is 2. The molecule has 0 bridgehead atoms. The first kappa shape index (κ1) is 51.2. The molecule has 4 aliphatic heterocycles. The van der Waals surface area contributed by atoms with Crippen LogP contribution in [0.2, 0.25) is 10.0 Å². The average Bonchev–Trinajstić information content (AvgIpc) is 4.15. The van der Waals surface area contributed by atoms with Crippen molar-refractivity contribution in [3.8, 4) is 22.8 Å². The zero-order chi connectivity index (χ0) is 48.1. The summed E-state index contributed by atoms with van der Waals surface area (Å²) in [5.41, 5.74) is 3.94. The number of pyridine rings is 2. The van der Waals surface area contributed by atoms with Gasteiger partial charge in [-0.05, 0) is 107 Å². The molecule has 2 aromatic carbocycles. The van der Waals surface area contributed by atoms with E-state index < -0.39 is 0 Å². The SMILES string of the molecule is CC[C@H]1CN(c2ncc(-c3ncc[nH]3)cc2Cl)CCN1C1CCN(Cc2ccc(Br)cc2)CC1.CC[C@H]1CN(c2ncc(-c3ncc[nH]3)cc2Cl)CCN1C1CCNCC1.O=Cc1ccc(Br)cc1. The van der Waals surface area contributed by atoms with Crippen LogP contribution in [0.1, 0.15) is 68.3 Å². The molecule has 0 aliphatic carbocycles. The van der Waals surface area contributed by atoms with Crippen LogP contribution in [0.4, 0.5) is 11.6 Å². The summed E-state index contributed by atoms with van der Waals surface area (Å²) in [7, 11) is 0. The van der Waals surface area contributed by atoms with Crippen molar-refractivity contribution in [3.63, 3.8) is 0 Å². The van der Waals surface area contributed by atoms with Gasteiger partial charge in [-0.25, -0.2) is 19.9 Å². The second kappa shape index (κ2) is 25.3. The summed E-state index contributed by atoms with van der Waals surface area (Å²) in [6.45, 7) is 16.3. The Balaban J connectivity index is 0.000000161. The smallest absolute Gasteiger partial charge is 0.150 e. The number of aromatic nitrogens is 6. The molecule has 13 nitrogen and oxygen atoms in total. The molecule has 4 aromatic heterocycles. The number of hydrogen-bond donors (Lipinski definition) is 3. The summed E-state index contributed by atoms with van der Waals surface area (Å²) in [5, 5.41) is 4.86. The quantitative estimate of drug-likeness (QED) is 0.107. The normalized spacial score (nSPS) is 19.9. The summed E-state index contributed by atoms with van der Waals surface area (Å²) in [5.74, 6) is 3.38. The van der Waals surface area contributed by atoms with Gasteiger partial charge < -0.3 is 25.1 Å². The van der Waals surface area contributed by atoms with E-state index in [9.17, 15) is 4.79 Å². The highest BCUT2D eigenvalue weighted by Gasteiger charge is 2.35. The van der Waals surface area contributed by atoms with Crippen LogP contribution in [0, 0.1) is 0 Å². The third-order valence-electron chi connectivity index (χ3n) is 13.9. The Morgan fingerprint density at radius 1 is 0.638 bits per heavy atom. The number of piperidine rings is 2. The summed E-state index contributed by atoms with van der Waals surface area (Å²) < 4.78 is 2.14. The van der Waals surface area contributed by atoms with Gasteiger partial charge in [0.25, 0.3) is 0 Å². The first-order valence-corrected chi connectivity index (χ1v) is 26.7. The van der Waals surface area contributed by atoms with Gasteiger partial charge in [0.05, 0.1) is 10.0 Å². The second-order valence-corrected chi connectivity index (χ2v) is 20.9. The van der Waals surface area contributed by atoms with Crippen molar-refractivity contribution in [2.75, 3.05) is 75.2 Å². The van der Waals surface area contributed by atoms with Gasteiger partial charge in [-0.15, -0.1) is 0 Å². The maximum atomic E-state index is 10.1. The van der Waals surface area contributed by atoms with E-state index in [1.54, 1.807) is 24.5 Å². The predicted molar refractivity (Wildman–Crippen MR) is 288 cm³/mol. The number of nitrogens with one attached hydrogen (secondary N) is 3. The highest BCUT2D eigenvalue weighted by atomic mass is 79.9. The number of carbonyl (C=O) groups excluding carboxylic acids is 1.